The molecule has 174 valence electrons. The molecule has 0 aliphatic rings. The summed E-state index contributed by atoms with van der Waals surface area (Å²) in [4.78, 5) is 40.9. The van der Waals surface area contributed by atoms with Crippen LogP contribution in [0.5, 0.6) is 0 Å². The Kier molecular flexibility index (Phi) is 6.82. The van der Waals surface area contributed by atoms with Crippen molar-refractivity contribution < 1.29 is 9.72 Å². The monoisotopic (exact) mass is 505 g/mol. The van der Waals surface area contributed by atoms with E-state index in [1.54, 1.807) is 42.5 Å². The van der Waals surface area contributed by atoms with E-state index in [0.29, 0.717) is 21.6 Å². The first kappa shape index (κ1) is 23.9. The molecule has 4 aromatic rings. The first-order valence-electron chi connectivity index (χ1n) is 10.2. The average Bonchev–Trinajstić information content (AvgIpc) is 2.85. The molecule has 9 nitrogen and oxygen atoms in total. The molecule has 0 fully saturated rings. The largest absolute Gasteiger partial charge is 0.324 e. The van der Waals surface area contributed by atoms with Crippen LogP contribution in [-0.2, 0) is 4.79 Å². The highest BCUT2D eigenvalue weighted by atomic mass is 35.5. The summed E-state index contributed by atoms with van der Waals surface area (Å²) in [6, 6.07) is 17.5. The number of non-ortho nitro benzene ring substituents is 1. The number of benzene rings is 3. The number of rotatable bonds is 6. The molecular formula is C24H16ClN5O4S. The van der Waals surface area contributed by atoms with E-state index < -0.39 is 10.8 Å². The molecule has 11 heteroatoms. The van der Waals surface area contributed by atoms with Gasteiger partial charge in [-0.15, -0.1) is 0 Å². The number of carbonyl (C=O) groups excluding carboxylic acids is 1. The van der Waals surface area contributed by atoms with Crippen molar-refractivity contribution in [2.75, 3.05) is 11.1 Å². The zero-order valence-corrected chi connectivity index (χ0v) is 19.8. The Labute approximate surface area is 208 Å². The van der Waals surface area contributed by atoms with Crippen LogP contribution in [0.3, 0.4) is 0 Å². The second-order valence-corrected chi connectivity index (χ2v) is 8.77. The van der Waals surface area contributed by atoms with Gasteiger partial charge in [-0.2, -0.15) is 5.26 Å². The number of nitrogens with one attached hydrogen (secondary N) is 1. The van der Waals surface area contributed by atoms with Crippen LogP contribution < -0.4 is 10.9 Å². The molecule has 1 amide bonds. The first-order chi connectivity index (χ1) is 16.8. The van der Waals surface area contributed by atoms with Gasteiger partial charge in [0, 0.05) is 17.2 Å². The predicted octanol–water partition coefficient (Wildman–Crippen LogP) is 4.86. The number of aromatic nitrogens is 2. The summed E-state index contributed by atoms with van der Waals surface area (Å²) in [7, 11) is 0. The van der Waals surface area contributed by atoms with Gasteiger partial charge in [-0.3, -0.25) is 24.3 Å². The quantitative estimate of drug-likeness (QED) is 0.171. The number of hydrogen-bond donors (Lipinski definition) is 1. The van der Waals surface area contributed by atoms with E-state index in [4.69, 9.17) is 11.6 Å². The minimum atomic E-state index is -0.621. The number of hydrogen-bond acceptors (Lipinski definition) is 7. The molecule has 0 saturated heterocycles. The fourth-order valence-electron chi connectivity index (χ4n) is 3.32. The van der Waals surface area contributed by atoms with Crippen LogP contribution in [0, 0.1) is 28.4 Å². The minimum absolute atomic E-state index is 0.0346. The number of para-hydroxylation sites is 1. The van der Waals surface area contributed by atoms with Crippen molar-refractivity contribution in [2.45, 2.75) is 12.1 Å². The van der Waals surface area contributed by atoms with E-state index in [9.17, 15) is 25.0 Å². The maximum absolute atomic E-state index is 13.3. The summed E-state index contributed by atoms with van der Waals surface area (Å²) >= 11 is 7.32. The van der Waals surface area contributed by atoms with Gasteiger partial charge in [-0.1, -0.05) is 41.6 Å². The Morgan fingerprint density at radius 2 is 2.00 bits per heavy atom. The highest BCUT2D eigenvalue weighted by Crippen LogP contribution is 2.26. The van der Waals surface area contributed by atoms with Gasteiger partial charge in [0.25, 0.3) is 11.2 Å². The SMILES string of the molecule is Cc1ccc(-n2c(SCC(=O)Nc3ccc([N+](=O)[O-])cc3C#N)nc3ccccc3c2=O)cc1Cl. The van der Waals surface area contributed by atoms with E-state index in [1.807, 2.05) is 13.0 Å². The number of anilines is 1. The lowest BCUT2D eigenvalue weighted by atomic mass is 10.1. The topological polar surface area (TPSA) is 131 Å². The van der Waals surface area contributed by atoms with Crippen molar-refractivity contribution in [3.63, 3.8) is 0 Å². The van der Waals surface area contributed by atoms with Crippen molar-refractivity contribution in [1.82, 2.24) is 9.55 Å². The van der Waals surface area contributed by atoms with Gasteiger partial charge < -0.3 is 5.32 Å². The van der Waals surface area contributed by atoms with Crippen LogP contribution in [0.4, 0.5) is 11.4 Å². The molecule has 0 bridgehead atoms. The molecule has 0 aliphatic heterocycles. The number of thioether (sulfide) groups is 1. The summed E-state index contributed by atoms with van der Waals surface area (Å²) in [5.41, 5.74) is 1.40. The van der Waals surface area contributed by atoms with Crippen molar-refractivity contribution in [2.24, 2.45) is 0 Å². The highest BCUT2D eigenvalue weighted by molar-refractivity contribution is 7.99. The molecule has 0 atom stereocenters. The highest BCUT2D eigenvalue weighted by Gasteiger charge is 2.17. The lowest BCUT2D eigenvalue weighted by Gasteiger charge is -2.14. The van der Waals surface area contributed by atoms with Crippen LogP contribution in [-0.4, -0.2) is 26.1 Å². The predicted molar refractivity (Wildman–Crippen MR) is 134 cm³/mol. The molecule has 0 aliphatic carbocycles. The summed E-state index contributed by atoms with van der Waals surface area (Å²) in [6.07, 6.45) is 0. The zero-order valence-electron chi connectivity index (χ0n) is 18.2. The van der Waals surface area contributed by atoms with Gasteiger partial charge in [0.2, 0.25) is 5.91 Å². The minimum Gasteiger partial charge on any atom is -0.324 e. The Morgan fingerprint density at radius 3 is 2.71 bits per heavy atom. The van der Waals surface area contributed by atoms with Gasteiger partial charge in [0.15, 0.2) is 5.16 Å². The van der Waals surface area contributed by atoms with Crippen LogP contribution >= 0.6 is 23.4 Å². The maximum atomic E-state index is 13.3. The van der Waals surface area contributed by atoms with Crippen molar-refractivity contribution in [3.8, 4) is 11.8 Å². The van der Waals surface area contributed by atoms with Crippen molar-refractivity contribution >= 4 is 51.5 Å². The van der Waals surface area contributed by atoms with Gasteiger partial charge in [0.1, 0.15) is 6.07 Å². The van der Waals surface area contributed by atoms with Gasteiger partial charge in [-0.05, 0) is 42.8 Å². The number of aryl methyl sites for hydroxylation is 1. The number of fused-ring (bicyclic) bond motifs is 1. The van der Waals surface area contributed by atoms with Crippen LogP contribution in [0.15, 0.2) is 70.6 Å². The fraction of sp³-hybridized carbons (Fsp3) is 0.0833. The third-order valence-electron chi connectivity index (χ3n) is 5.10. The first-order valence-corrected chi connectivity index (χ1v) is 11.5. The van der Waals surface area contributed by atoms with Gasteiger partial charge in [0.05, 0.1) is 38.5 Å². The normalized spacial score (nSPS) is 10.7. The standard InChI is InChI=1S/C24H16ClN5O4S/c1-14-6-7-16(11-19(14)25)29-23(32)18-4-2-3-5-21(18)28-24(29)35-13-22(31)27-20-9-8-17(30(33)34)10-15(20)12-26/h2-11H,13H2,1H3,(H,27,31). The lowest BCUT2D eigenvalue weighted by Crippen LogP contribution is -2.23. The van der Waals surface area contributed by atoms with Crippen LogP contribution in [0.1, 0.15) is 11.1 Å². The van der Waals surface area contributed by atoms with Gasteiger partial charge >= 0.3 is 0 Å². The lowest BCUT2D eigenvalue weighted by molar-refractivity contribution is -0.384. The molecular weight excluding hydrogens is 490 g/mol. The summed E-state index contributed by atoms with van der Waals surface area (Å²) in [6.45, 7) is 1.85. The third kappa shape index (κ3) is 5.01. The smallest absolute Gasteiger partial charge is 0.270 e. The van der Waals surface area contributed by atoms with E-state index >= 15 is 0 Å². The molecule has 0 spiro atoms. The van der Waals surface area contributed by atoms with Crippen LogP contribution in [0.25, 0.3) is 16.6 Å². The number of halogens is 1. The summed E-state index contributed by atoms with van der Waals surface area (Å²) < 4.78 is 1.40. The second-order valence-electron chi connectivity index (χ2n) is 7.42. The van der Waals surface area contributed by atoms with E-state index in [1.165, 1.54) is 16.7 Å². The van der Waals surface area contributed by atoms with Gasteiger partial charge in [-0.25, -0.2) is 4.98 Å². The number of carbonyl (C=O) groups is 1. The molecule has 0 radical (unpaired) electrons. The summed E-state index contributed by atoms with van der Waals surface area (Å²) in [5, 5.41) is 24.0. The second kappa shape index (κ2) is 9.97. The molecule has 0 unspecified atom stereocenters. The number of nitro groups is 1. The molecule has 0 saturated carbocycles. The Hall–Kier alpha value is -4.20. The number of nitro benzene ring substituents is 1. The fourth-order valence-corrected chi connectivity index (χ4v) is 4.31. The summed E-state index contributed by atoms with van der Waals surface area (Å²) in [5.74, 6) is -0.608. The zero-order chi connectivity index (χ0) is 25.1. The Bertz CT molecular complexity index is 1600. The third-order valence-corrected chi connectivity index (χ3v) is 6.45. The number of amides is 1. The van der Waals surface area contributed by atoms with Crippen LogP contribution in [0.2, 0.25) is 5.02 Å². The average molecular weight is 506 g/mol. The molecule has 1 heterocycles. The molecule has 35 heavy (non-hydrogen) atoms. The van der Waals surface area contributed by atoms with E-state index in [-0.39, 0.29) is 33.4 Å². The maximum Gasteiger partial charge on any atom is 0.270 e. The molecule has 1 N–H and O–H groups in total. The Balaban J connectivity index is 1.66. The molecule has 3 aromatic carbocycles. The number of nitriles is 1. The molecule has 1 aromatic heterocycles. The van der Waals surface area contributed by atoms with E-state index in [2.05, 4.69) is 10.3 Å². The number of nitrogens with zero attached hydrogens (tertiary/aromatic N) is 4. The van der Waals surface area contributed by atoms with Crippen molar-refractivity contribution in [1.29, 1.82) is 5.26 Å². The molecule has 4 rings (SSSR count). The van der Waals surface area contributed by atoms with E-state index in [0.717, 1.165) is 23.4 Å². The Morgan fingerprint density at radius 1 is 1.23 bits per heavy atom. The van der Waals surface area contributed by atoms with Crippen molar-refractivity contribution in [3.05, 3.63) is 97.3 Å².